The number of nitrogens with two attached hydrogens (primary N) is 2. The Morgan fingerprint density at radius 2 is 2.42 bits per heavy atom. The van der Waals surface area contributed by atoms with E-state index in [4.69, 9.17) is 11.5 Å². The van der Waals surface area contributed by atoms with Crippen LogP contribution in [0.2, 0.25) is 0 Å². The molecule has 12 heavy (non-hydrogen) atoms. The van der Waals surface area contributed by atoms with Crippen LogP contribution in [0.3, 0.4) is 0 Å². The zero-order valence-corrected chi connectivity index (χ0v) is 6.44. The van der Waals surface area contributed by atoms with E-state index in [-0.39, 0.29) is 23.3 Å². The van der Waals surface area contributed by atoms with E-state index >= 15 is 0 Å². The quantitative estimate of drug-likeness (QED) is 0.443. The lowest BCUT2D eigenvalue weighted by atomic mass is 10.3. The molecular weight excluding hydrogens is 161 g/mol. The average Bonchev–Trinajstić information content (AvgIpc) is 2.00. The van der Waals surface area contributed by atoms with E-state index in [0.29, 0.717) is 0 Å². The van der Waals surface area contributed by atoms with Gasteiger partial charge < -0.3 is 5.73 Å². The fourth-order valence-corrected chi connectivity index (χ4v) is 0.810. The van der Waals surface area contributed by atoms with Crippen molar-refractivity contribution in [3.05, 3.63) is 12.7 Å². The summed E-state index contributed by atoms with van der Waals surface area (Å²) < 4.78 is 13.0. The zero-order chi connectivity index (χ0) is 9.14. The molecule has 1 aliphatic heterocycles. The van der Waals surface area contributed by atoms with Crippen LogP contribution in [-0.4, -0.2) is 23.2 Å². The third-order valence-electron chi connectivity index (χ3n) is 1.31. The third-order valence-corrected chi connectivity index (χ3v) is 1.31. The molecule has 1 aliphatic rings. The summed E-state index contributed by atoms with van der Waals surface area (Å²) >= 11 is 0. The fraction of sp³-hybridized carbons (Fsp3) is 0.333. The Morgan fingerprint density at radius 3 is 3.00 bits per heavy atom. The first kappa shape index (κ1) is 8.66. The summed E-state index contributed by atoms with van der Waals surface area (Å²) in [6.07, 6.45) is 0.703. The highest BCUT2D eigenvalue weighted by atomic mass is 19.2. The molecule has 0 saturated heterocycles. The predicted molar refractivity (Wildman–Crippen MR) is 44.8 cm³/mol. The normalized spacial score (nSPS) is 23.2. The summed E-state index contributed by atoms with van der Waals surface area (Å²) in [4.78, 5) is 7.14. The van der Waals surface area contributed by atoms with E-state index in [1.807, 2.05) is 0 Å². The molecule has 5 nitrogen and oxygen atoms in total. The summed E-state index contributed by atoms with van der Waals surface area (Å²) in [5.74, 6) is 0.123. The number of halogens is 1. The van der Waals surface area contributed by atoms with Crippen LogP contribution in [0.5, 0.6) is 0 Å². The monoisotopic (exact) mass is 171 g/mol. The zero-order valence-electron chi connectivity index (χ0n) is 6.44. The van der Waals surface area contributed by atoms with Crippen molar-refractivity contribution in [1.82, 2.24) is 5.12 Å². The lowest BCUT2D eigenvalue weighted by molar-refractivity contribution is 0.0683. The maximum absolute atomic E-state index is 13.0. The summed E-state index contributed by atoms with van der Waals surface area (Å²) in [5, 5.41) is 0.262. The molecule has 1 atom stereocenters. The van der Waals surface area contributed by atoms with Crippen molar-refractivity contribution >= 4 is 11.8 Å². The van der Waals surface area contributed by atoms with Gasteiger partial charge in [-0.25, -0.2) is 4.99 Å². The molecule has 0 saturated carbocycles. The number of rotatable bonds is 2. The largest absolute Gasteiger partial charge is 0.368 e. The number of hydrogen-bond acceptors (Lipinski definition) is 5. The second kappa shape index (κ2) is 3.31. The average molecular weight is 171 g/mol. The summed E-state index contributed by atoms with van der Waals surface area (Å²) in [7, 11) is 0. The molecule has 1 heterocycles. The number of guanidine groups is 1. The van der Waals surface area contributed by atoms with E-state index in [2.05, 4.69) is 16.6 Å². The van der Waals surface area contributed by atoms with Gasteiger partial charge in [-0.15, -0.1) is 6.58 Å². The molecule has 0 radical (unpaired) electrons. The van der Waals surface area contributed by atoms with Crippen molar-refractivity contribution in [2.24, 2.45) is 21.5 Å². The molecule has 0 fully saturated rings. The standard InChI is InChI=1S/C6H10FN5/c1-2-3-4-10-5(8)11-6(9)12(4)7/h2,6H,1,3,9H2,(H2,8,11). The molecule has 1 unspecified atom stereocenters. The molecule has 0 aliphatic carbocycles. The highest BCUT2D eigenvalue weighted by molar-refractivity contribution is 5.97. The van der Waals surface area contributed by atoms with E-state index < -0.39 is 6.29 Å². The van der Waals surface area contributed by atoms with Crippen LogP contribution < -0.4 is 11.5 Å². The highest BCUT2D eigenvalue weighted by Crippen LogP contribution is 2.07. The van der Waals surface area contributed by atoms with Crippen LogP contribution in [0.4, 0.5) is 4.48 Å². The molecule has 4 N–H and O–H groups in total. The Balaban J connectivity index is 2.82. The molecule has 66 valence electrons. The topological polar surface area (TPSA) is 80.0 Å². The summed E-state index contributed by atoms with van der Waals surface area (Å²) in [6.45, 7) is 3.44. The van der Waals surface area contributed by atoms with Crippen molar-refractivity contribution in [2.45, 2.75) is 12.7 Å². The van der Waals surface area contributed by atoms with Crippen molar-refractivity contribution in [1.29, 1.82) is 0 Å². The van der Waals surface area contributed by atoms with Gasteiger partial charge in [0.05, 0.1) is 0 Å². The van der Waals surface area contributed by atoms with Crippen molar-refractivity contribution in [3.8, 4) is 0 Å². The van der Waals surface area contributed by atoms with Gasteiger partial charge in [-0.3, -0.25) is 5.73 Å². The van der Waals surface area contributed by atoms with Crippen molar-refractivity contribution in [2.75, 3.05) is 0 Å². The second-order valence-corrected chi connectivity index (χ2v) is 2.23. The number of hydrogen-bond donors (Lipinski definition) is 2. The Bertz CT molecular complexity index is 246. The second-order valence-electron chi connectivity index (χ2n) is 2.23. The molecule has 0 amide bonds. The number of amidine groups is 1. The van der Waals surface area contributed by atoms with Crippen LogP contribution >= 0.6 is 0 Å². The van der Waals surface area contributed by atoms with Gasteiger partial charge in [0, 0.05) is 6.42 Å². The molecule has 0 aromatic rings. The molecular formula is C6H10FN5. The molecule has 1 rings (SSSR count). The van der Waals surface area contributed by atoms with E-state index in [0.717, 1.165) is 0 Å². The molecule has 0 aromatic heterocycles. The molecule has 0 aromatic carbocycles. The molecule has 0 spiro atoms. The van der Waals surface area contributed by atoms with E-state index in [9.17, 15) is 4.48 Å². The first-order chi connectivity index (χ1) is 5.65. The summed E-state index contributed by atoms with van der Waals surface area (Å²) in [6, 6.07) is 0. The Kier molecular flexibility index (Phi) is 2.39. The lowest BCUT2D eigenvalue weighted by Crippen LogP contribution is -2.43. The smallest absolute Gasteiger partial charge is 0.220 e. The van der Waals surface area contributed by atoms with Crippen LogP contribution in [0.1, 0.15) is 6.42 Å². The Morgan fingerprint density at radius 1 is 1.75 bits per heavy atom. The third kappa shape index (κ3) is 1.59. The molecule has 0 bridgehead atoms. The van der Waals surface area contributed by atoms with Gasteiger partial charge in [-0.2, -0.15) is 10.1 Å². The van der Waals surface area contributed by atoms with Crippen molar-refractivity contribution in [3.63, 3.8) is 0 Å². The SMILES string of the molecule is C=CCC1=NC(N)=NC(N)N1F. The Hall–Kier alpha value is -1.43. The van der Waals surface area contributed by atoms with Crippen LogP contribution in [-0.2, 0) is 0 Å². The van der Waals surface area contributed by atoms with Gasteiger partial charge in [0.2, 0.25) is 12.2 Å². The van der Waals surface area contributed by atoms with Crippen LogP contribution in [0.15, 0.2) is 22.6 Å². The van der Waals surface area contributed by atoms with Gasteiger partial charge >= 0.3 is 0 Å². The highest BCUT2D eigenvalue weighted by Gasteiger charge is 2.21. The number of aliphatic imine (C=N–C) groups is 2. The minimum absolute atomic E-state index is 0.00625. The maximum Gasteiger partial charge on any atom is 0.220 e. The first-order valence-corrected chi connectivity index (χ1v) is 3.37. The van der Waals surface area contributed by atoms with E-state index in [1.54, 1.807) is 0 Å². The van der Waals surface area contributed by atoms with Crippen LogP contribution in [0, 0.1) is 0 Å². The van der Waals surface area contributed by atoms with Gasteiger partial charge in [0.15, 0.2) is 0 Å². The number of nitrogens with zero attached hydrogens (tertiary/aromatic N) is 3. The van der Waals surface area contributed by atoms with Gasteiger partial charge in [-0.05, 0) is 0 Å². The fourth-order valence-electron chi connectivity index (χ4n) is 0.810. The van der Waals surface area contributed by atoms with E-state index in [1.165, 1.54) is 6.08 Å². The summed E-state index contributed by atoms with van der Waals surface area (Å²) in [5.41, 5.74) is 10.5. The maximum atomic E-state index is 13.0. The lowest BCUT2D eigenvalue weighted by Gasteiger charge is -2.22. The van der Waals surface area contributed by atoms with Gasteiger partial charge in [-0.1, -0.05) is 10.6 Å². The van der Waals surface area contributed by atoms with Gasteiger partial charge in [0.1, 0.15) is 5.84 Å². The van der Waals surface area contributed by atoms with Crippen LogP contribution in [0.25, 0.3) is 0 Å². The minimum atomic E-state index is -1.09. The minimum Gasteiger partial charge on any atom is -0.368 e. The van der Waals surface area contributed by atoms with Gasteiger partial charge in [0.25, 0.3) is 0 Å². The predicted octanol–water partition coefficient (Wildman–Crippen LogP) is -0.282. The van der Waals surface area contributed by atoms with Crippen molar-refractivity contribution < 1.29 is 4.48 Å². The molecule has 6 heteroatoms. The first-order valence-electron chi connectivity index (χ1n) is 3.37. The Labute approximate surface area is 69.2 Å².